The first-order chi connectivity index (χ1) is 14.9. The fourth-order valence-electron chi connectivity index (χ4n) is 3.09. The maximum atomic E-state index is 12.5. The first-order valence-electron chi connectivity index (χ1n) is 9.74. The van der Waals surface area contributed by atoms with Crippen molar-refractivity contribution in [1.82, 2.24) is 30.0 Å². The Morgan fingerprint density at radius 1 is 1.29 bits per heavy atom. The van der Waals surface area contributed by atoms with Crippen LogP contribution in [0.15, 0.2) is 41.7 Å². The number of benzene rings is 1. The van der Waals surface area contributed by atoms with Crippen molar-refractivity contribution in [3.05, 3.63) is 69.1 Å². The van der Waals surface area contributed by atoms with Crippen molar-refractivity contribution < 1.29 is 4.79 Å². The van der Waals surface area contributed by atoms with Crippen LogP contribution in [0.4, 0.5) is 0 Å². The molecule has 1 amide bonds. The predicted molar refractivity (Wildman–Crippen MR) is 124 cm³/mol. The molecule has 3 aromatic heterocycles. The van der Waals surface area contributed by atoms with Crippen LogP contribution in [-0.2, 0) is 17.1 Å². The topological polar surface area (TPSA) is 106 Å². The van der Waals surface area contributed by atoms with E-state index in [4.69, 9.17) is 0 Å². The molecule has 160 valence electrons. The van der Waals surface area contributed by atoms with Crippen LogP contribution in [0.3, 0.4) is 0 Å². The van der Waals surface area contributed by atoms with Gasteiger partial charge in [-0.15, -0.1) is 23.1 Å². The predicted octanol–water partition coefficient (Wildman–Crippen LogP) is 3.12. The fourth-order valence-corrected chi connectivity index (χ4v) is 4.92. The Morgan fingerprint density at radius 2 is 2.06 bits per heavy atom. The summed E-state index contributed by atoms with van der Waals surface area (Å²) < 4.78 is 1.68. The van der Waals surface area contributed by atoms with Crippen LogP contribution >= 0.6 is 23.1 Å². The van der Waals surface area contributed by atoms with Gasteiger partial charge in [0, 0.05) is 11.4 Å². The number of nitrogens with zero attached hydrogens (tertiary/aromatic N) is 4. The minimum Gasteiger partial charge on any atom is -0.351 e. The van der Waals surface area contributed by atoms with Crippen molar-refractivity contribution in [3.8, 4) is 5.69 Å². The second-order valence-corrected chi connectivity index (χ2v) is 9.69. The van der Waals surface area contributed by atoms with Crippen LogP contribution in [0.25, 0.3) is 15.9 Å². The summed E-state index contributed by atoms with van der Waals surface area (Å²) in [5, 5.41) is 7.44. The molecule has 4 aromatic rings. The van der Waals surface area contributed by atoms with Gasteiger partial charge in [-0.05, 0) is 44.0 Å². The minimum atomic E-state index is -0.276. The van der Waals surface area contributed by atoms with Crippen LogP contribution in [0.2, 0.25) is 0 Å². The first kappa shape index (κ1) is 21.3. The van der Waals surface area contributed by atoms with Gasteiger partial charge in [0.2, 0.25) is 5.91 Å². The molecule has 4 rings (SSSR count). The highest BCUT2D eigenvalue weighted by Crippen LogP contribution is 2.26. The lowest BCUT2D eigenvalue weighted by atomic mass is 10.2. The zero-order valence-corrected chi connectivity index (χ0v) is 19.0. The van der Waals surface area contributed by atoms with Gasteiger partial charge in [-0.1, -0.05) is 12.1 Å². The third-order valence-corrected chi connectivity index (χ3v) is 7.27. The van der Waals surface area contributed by atoms with Gasteiger partial charge in [0.1, 0.15) is 23.3 Å². The molecule has 8 nitrogen and oxygen atoms in total. The second-order valence-electron chi connectivity index (χ2n) is 7.15. The van der Waals surface area contributed by atoms with Gasteiger partial charge in [0.15, 0.2) is 0 Å². The molecule has 0 aliphatic heterocycles. The number of hydrogen-bond acceptors (Lipinski definition) is 7. The average molecular weight is 455 g/mol. The summed E-state index contributed by atoms with van der Waals surface area (Å²) in [4.78, 5) is 38.1. The molecule has 0 spiro atoms. The minimum absolute atomic E-state index is 0.0587. The highest BCUT2D eigenvalue weighted by atomic mass is 32.2. The molecule has 0 aliphatic rings. The van der Waals surface area contributed by atoms with E-state index in [-0.39, 0.29) is 16.7 Å². The van der Waals surface area contributed by atoms with E-state index in [9.17, 15) is 9.59 Å². The van der Waals surface area contributed by atoms with Gasteiger partial charge in [-0.25, -0.2) is 14.6 Å². The maximum Gasteiger partial charge on any atom is 0.259 e. The van der Waals surface area contributed by atoms with Gasteiger partial charge in [0.05, 0.1) is 22.1 Å². The summed E-state index contributed by atoms with van der Waals surface area (Å²) in [5.41, 5.74) is 2.77. The van der Waals surface area contributed by atoms with Crippen molar-refractivity contribution in [3.63, 3.8) is 0 Å². The van der Waals surface area contributed by atoms with E-state index >= 15 is 0 Å². The summed E-state index contributed by atoms with van der Waals surface area (Å²) in [6.45, 7) is 6.22. The van der Waals surface area contributed by atoms with Crippen molar-refractivity contribution >= 4 is 39.2 Å². The number of nitrogens with one attached hydrogen (secondary N) is 2. The van der Waals surface area contributed by atoms with Crippen molar-refractivity contribution in [2.75, 3.05) is 0 Å². The standard InChI is InChI=1S/C21H22N6O2S2/c1-12-13(2)31-21-18(12)20(29)25-17(26-21)9-30-14(3)19(28)23-8-15-4-6-16(7-5-15)27-11-22-10-24-27/h4-7,10-11,14H,8-9H2,1-3H3,(H,23,28)(H,25,26,29). The lowest BCUT2D eigenvalue weighted by molar-refractivity contribution is -0.120. The molecule has 0 fully saturated rings. The van der Waals surface area contributed by atoms with E-state index in [1.165, 1.54) is 29.4 Å². The van der Waals surface area contributed by atoms with Crippen LogP contribution in [0.1, 0.15) is 28.8 Å². The number of carbonyl (C=O) groups excluding carboxylic acids is 1. The van der Waals surface area contributed by atoms with Crippen LogP contribution in [0, 0.1) is 13.8 Å². The summed E-state index contributed by atoms with van der Waals surface area (Å²) in [5.74, 6) is 0.992. The number of aromatic nitrogens is 5. The maximum absolute atomic E-state index is 12.5. The Kier molecular flexibility index (Phi) is 6.19. The van der Waals surface area contributed by atoms with Crippen LogP contribution < -0.4 is 10.9 Å². The molecule has 0 saturated heterocycles. The Hall–Kier alpha value is -2.98. The number of H-pyrrole nitrogens is 1. The number of amides is 1. The third kappa shape index (κ3) is 4.70. The fraction of sp³-hybridized carbons (Fsp3) is 0.286. The van der Waals surface area contributed by atoms with E-state index in [0.29, 0.717) is 23.5 Å². The molecule has 0 radical (unpaired) electrons. The van der Waals surface area contributed by atoms with Crippen molar-refractivity contribution in [2.45, 2.75) is 38.3 Å². The summed E-state index contributed by atoms with van der Waals surface area (Å²) >= 11 is 2.97. The molecule has 0 saturated carbocycles. The van der Waals surface area contributed by atoms with Gasteiger partial charge < -0.3 is 10.3 Å². The summed E-state index contributed by atoms with van der Waals surface area (Å²) in [6.07, 6.45) is 3.12. The highest BCUT2D eigenvalue weighted by molar-refractivity contribution is 7.99. The van der Waals surface area contributed by atoms with E-state index in [0.717, 1.165) is 26.5 Å². The van der Waals surface area contributed by atoms with E-state index in [2.05, 4.69) is 25.4 Å². The Bertz CT molecular complexity index is 1260. The van der Waals surface area contributed by atoms with E-state index in [1.54, 1.807) is 11.0 Å². The zero-order valence-electron chi connectivity index (χ0n) is 17.4. The van der Waals surface area contributed by atoms with Crippen LogP contribution in [0.5, 0.6) is 0 Å². The van der Waals surface area contributed by atoms with Gasteiger partial charge >= 0.3 is 0 Å². The van der Waals surface area contributed by atoms with Crippen molar-refractivity contribution in [1.29, 1.82) is 0 Å². The number of fused-ring (bicyclic) bond motifs is 1. The number of thioether (sulfide) groups is 1. The molecule has 3 heterocycles. The highest BCUT2D eigenvalue weighted by Gasteiger charge is 2.16. The quantitative estimate of drug-likeness (QED) is 0.444. The number of hydrogen-bond donors (Lipinski definition) is 2. The molecular weight excluding hydrogens is 432 g/mol. The Morgan fingerprint density at radius 3 is 2.77 bits per heavy atom. The molecule has 1 aromatic carbocycles. The molecule has 1 unspecified atom stereocenters. The van der Waals surface area contributed by atoms with Gasteiger partial charge in [-0.3, -0.25) is 9.59 Å². The molecule has 10 heteroatoms. The number of rotatable bonds is 7. The number of thiophene rings is 1. The second kappa shape index (κ2) is 9.03. The monoisotopic (exact) mass is 454 g/mol. The average Bonchev–Trinajstić information content (AvgIpc) is 3.39. The van der Waals surface area contributed by atoms with E-state index in [1.807, 2.05) is 45.0 Å². The lowest BCUT2D eigenvalue weighted by Gasteiger charge is -2.12. The smallest absolute Gasteiger partial charge is 0.259 e. The zero-order chi connectivity index (χ0) is 22.0. The molecule has 1 atom stereocenters. The number of aryl methyl sites for hydroxylation is 2. The van der Waals surface area contributed by atoms with Gasteiger partial charge in [-0.2, -0.15) is 5.10 Å². The first-order valence-corrected chi connectivity index (χ1v) is 11.6. The normalized spacial score (nSPS) is 12.2. The Balaban J connectivity index is 1.32. The third-order valence-electron chi connectivity index (χ3n) is 5.01. The Labute approximate surface area is 187 Å². The number of carbonyl (C=O) groups is 1. The summed E-state index contributed by atoms with van der Waals surface area (Å²) in [7, 11) is 0. The largest absolute Gasteiger partial charge is 0.351 e. The molecule has 0 bridgehead atoms. The molecule has 31 heavy (non-hydrogen) atoms. The van der Waals surface area contributed by atoms with Gasteiger partial charge in [0.25, 0.3) is 5.56 Å². The lowest BCUT2D eigenvalue weighted by Crippen LogP contribution is -2.30. The van der Waals surface area contributed by atoms with E-state index < -0.39 is 0 Å². The SMILES string of the molecule is Cc1sc2nc(CSC(C)C(=O)NCc3ccc(-n4cncn4)cc3)[nH]c(=O)c2c1C. The molecule has 0 aliphatic carbocycles. The molecule has 2 N–H and O–H groups in total. The van der Waals surface area contributed by atoms with Crippen molar-refractivity contribution in [2.24, 2.45) is 0 Å². The summed E-state index contributed by atoms with van der Waals surface area (Å²) in [6, 6.07) is 7.76. The van der Waals surface area contributed by atoms with Crippen LogP contribution in [-0.4, -0.2) is 35.9 Å². The number of aromatic amines is 1. The molecular formula is C21H22N6O2S2.